The summed E-state index contributed by atoms with van der Waals surface area (Å²) in [6.07, 6.45) is 7.22. The highest BCUT2D eigenvalue weighted by molar-refractivity contribution is 5.35. The van der Waals surface area contributed by atoms with Gasteiger partial charge in [0.25, 0.3) is 0 Å². The second-order valence-electron chi connectivity index (χ2n) is 11.6. The molecule has 1 saturated heterocycles. The third kappa shape index (κ3) is 5.63. The fraction of sp³-hybridized carbons (Fsp3) is 0.857. The van der Waals surface area contributed by atoms with Crippen LogP contribution in [0.4, 0.5) is 26.3 Å². The lowest BCUT2D eigenvalue weighted by molar-refractivity contribution is -0.297. The number of hydrogen-bond donors (Lipinski definition) is 0. The van der Waals surface area contributed by atoms with Crippen LogP contribution in [-0.2, 0) is 9.47 Å². The normalized spacial score (nSPS) is 37.1. The lowest BCUT2D eigenvalue weighted by Gasteiger charge is -2.42. The fourth-order valence-corrected chi connectivity index (χ4v) is 6.73. The van der Waals surface area contributed by atoms with Crippen LogP contribution < -0.4 is 0 Å². The van der Waals surface area contributed by atoms with E-state index in [0.29, 0.717) is 18.4 Å². The molecule has 0 aromatic heterocycles. The largest absolute Gasteiger partial charge is 0.430 e. The third-order valence-corrected chi connectivity index (χ3v) is 9.16. The van der Waals surface area contributed by atoms with Gasteiger partial charge in [-0.25, -0.2) is 0 Å². The molecule has 0 aromatic rings. The molecule has 2 unspecified atom stereocenters. The molecule has 3 fully saturated rings. The molecule has 2 saturated carbocycles. The van der Waals surface area contributed by atoms with Gasteiger partial charge in [0, 0.05) is 5.57 Å². The predicted octanol–water partition coefficient (Wildman–Crippen LogP) is 8.92. The maximum absolute atomic E-state index is 14.8. The maximum Gasteiger partial charge on any atom is 0.402 e. The van der Waals surface area contributed by atoms with E-state index in [9.17, 15) is 26.3 Å². The van der Waals surface area contributed by atoms with E-state index >= 15 is 0 Å². The lowest BCUT2D eigenvalue weighted by atomic mass is 9.68. The van der Waals surface area contributed by atoms with Crippen LogP contribution in [0.15, 0.2) is 23.5 Å². The average molecular weight is 523 g/mol. The minimum absolute atomic E-state index is 0.0459. The van der Waals surface area contributed by atoms with Crippen molar-refractivity contribution in [2.24, 2.45) is 29.6 Å². The van der Waals surface area contributed by atoms with E-state index in [1.165, 1.54) is 25.7 Å². The number of hydrogen-bond acceptors (Lipinski definition) is 2. The van der Waals surface area contributed by atoms with Crippen LogP contribution in [0, 0.1) is 29.6 Å². The summed E-state index contributed by atoms with van der Waals surface area (Å²) in [6, 6.07) is 0. The molecular formula is C28H40F6O2. The van der Waals surface area contributed by atoms with Crippen LogP contribution in [-0.4, -0.2) is 30.7 Å². The number of ether oxygens (including phenoxy) is 2. The van der Waals surface area contributed by atoms with Gasteiger partial charge in [-0.2, -0.15) is 26.3 Å². The molecule has 3 aliphatic carbocycles. The first-order chi connectivity index (χ1) is 17.0. The summed E-state index contributed by atoms with van der Waals surface area (Å²) in [5.41, 5.74) is -0.776. The Kier molecular flexibility index (Phi) is 8.43. The molecule has 0 spiro atoms. The second-order valence-corrected chi connectivity index (χ2v) is 11.6. The molecular weight excluding hydrogens is 482 g/mol. The van der Waals surface area contributed by atoms with E-state index in [1.54, 1.807) is 6.92 Å². The average Bonchev–Trinajstić information content (AvgIpc) is 2.85. The Bertz CT molecular complexity index is 799. The molecule has 0 amide bonds. The van der Waals surface area contributed by atoms with Crippen molar-refractivity contribution in [2.45, 2.75) is 115 Å². The van der Waals surface area contributed by atoms with Crippen molar-refractivity contribution in [3.8, 4) is 0 Å². The summed E-state index contributed by atoms with van der Waals surface area (Å²) in [6.45, 7) is 3.57. The van der Waals surface area contributed by atoms with Crippen molar-refractivity contribution >= 4 is 0 Å². The van der Waals surface area contributed by atoms with E-state index in [1.807, 2.05) is 0 Å². The molecule has 8 heteroatoms. The van der Waals surface area contributed by atoms with E-state index in [-0.39, 0.29) is 32.0 Å². The van der Waals surface area contributed by atoms with Gasteiger partial charge in [0.05, 0.1) is 18.6 Å². The van der Waals surface area contributed by atoms with E-state index < -0.39 is 35.2 Å². The predicted molar refractivity (Wildman–Crippen MR) is 126 cm³/mol. The first-order valence-corrected chi connectivity index (χ1v) is 13.8. The van der Waals surface area contributed by atoms with Crippen LogP contribution in [0.5, 0.6) is 0 Å². The molecule has 1 heterocycles. The van der Waals surface area contributed by atoms with Crippen molar-refractivity contribution in [2.75, 3.05) is 6.61 Å². The summed E-state index contributed by atoms with van der Waals surface area (Å²) >= 11 is 0. The van der Waals surface area contributed by atoms with Crippen molar-refractivity contribution in [3.05, 3.63) is 23.5 Å². The van der Waals surface area contributed by atoms with Gasteiger partial charge < -0.3 is 9.47 Å². The lowest BCUT2D eigenvalue weighted by Crippen LogP contribution is -2.49. The highest BCUT2D eigenvalue weighted by Gasteiger charge is 2.65. The molecule has 0 radical (unpaired) electrons. The summed E-state index contributed by atoms with van der Waals surface area (Å²) in [4.78, 5) is 0. The Balaban J connectivity index is 1.29. The van der Waals surface area contributed by atoms with Crippen molar-refractivity contribution < 1.29 is 35.8 Å². The zero-order chi connectivity index (χ0) is 26.1. The van der Waals surface area contributed by atoms with Crippen LogP contribution in [0.2, 0.25) is 0 Å². The number of halogens is 6. The zero-order valence-corrected chi connectivity index (χ0v) is 21.4. The van der Waals surface area contributed by atoms with Crippen molar-refractivity contribution in [1.82, 2.24) is 0 Å². The van der Waals surface area contributed by atoms with Crippen LogP contribution >= 0.6 is 0 Å². The summed E-state index contributed by atoms with van der Waals surface area (Å²) in [7, 11) is 0. The molecule has 4 aliphatic rings. The minimum Gasteiger partial charge on any atom is -0.430 e. The van der Waals surface area contributed by atoms with Crippen LogP contribution in [0.25, 0.3) is 0 Å². The first kappa shape index (κ1) is 27.8. The molecule has 36 heavy (non-hydrogen) atoms. The molecule has 206 valence electrons. The summed E-state index contributed by atoms with van der Waals surface area (Å²) < 4.78 is 97.4. The second kappa shape index (κ2) is 10.9. The summed E-state index contributed by atoms with van der Waals surface area (Å²) in [5, 5.41) is 0. The Morgan fingerprint density at radius 2 is 1.42 bits per heavy atom. The summed E-state index contributed by atoms with van der Waals surface area (Å²) in [5.74, 6) is -9.83. The Labute approximate surface area is 210 Å². The van der Waals surface area contributed by atoms with Crippen LogP contribution in [0.3, 0.4) is 0 Å². The van der Waals surface area contributed by atoms with Gasteiger partial charge in [0.15, 0.2) is 5.76 Å². The topological polar surface area (TPSA) is 18.5 Å². The quantitative estimate of drug-likeness (QED) is 0.311. The Morgan fingerprint density at radius 1 is 0.833 bits per heavy atom. The fourth-order valence-electron chi connectivity index (χ4n) is 6.73. The Morgan fingerprint density at radius 3 is 1.97 bits per heavy atom. The van der Waals surface area contributed by atoms with Gasteiger partial charge in [-0.1, -0.05) is 39.2 Å². The molecule has 0 bridgehead atoms. The van der Waals surface area contributed by atoms with Gasteiger partial charge in [0.2, 0.25) is 0 Å². The van der Waals surface area contributed by atoms with Gasteiger partial charge >= 0.3 is 18.0 Å². The van der Waals surface area contributed by atoms with Gasteiger partial charge in [-0.15, -0.1) is 0 Å². The van der Waals surface area contributed by atoms with Gasteiger partial charge in [0.1, 0.15) is 0 Å². The van der Waals surface area contributed by atoms with Crippen molar-refractivity contribution in [1.29, 1.82) is 0 Å². The van der Waals surface area contributed by atoms with Gasteiger partial charge in [-0.3, -0.25) is 0 Å². The molecule has 2 nitrogen and oxygen atoms in total. The highest BCUT2D eigenvalue weighted by Crippen LogP contribution is 2.51. The Hall–Kier alpha value is -1.18. The van der Waals surface area contributed by atoms with Crippen molar-refractivity contribution in [3.63, 3.8) is 0 Å². The molecule has 2 atom stereocenters. The molecule has 1 aliphatic heterocycles. The number of alkyl halides is 6. The number of rotatable bonds is 7. The maximum atomic E-state index is 14.8. The third-order valence-electron chi connectivity index (χ3n) is 9.16. The zero-order valence-electron chi connectivity index (χ0n) is 21.4. The monoisotopic (exact) mass is 522 g/mol. The first-order valence-electron chi connectivity index (χ1n) is 13.8. The number of allylic oxidation sites excluding steroid dienone is 4. The SMILES string of the molecule is CCCC1=CC=C(OC(F)(F)C2CCC(C3CCC(C4CCC(C)CC4)CC3)OC2)C(F)(F)C1(F)F. The smallest absolute Gasteiger partial charge is 0.402 e. The standard InChI is InChI=1S/C28H40F6O2/c1-3-4-22-14-16-25(27(31,32)26(22,29)30)36-28(33,34)23-13-15-24(35-17-23)21-11-9-20(10-12-21)19-7-5-18(2)6-8-19/h14,16,18-21,23-24H,3-13,15,17H2,1-2H3. The molecule has 0 aromatic carbocycles. The van der Waals surface area contributed by atoms with Crippen LogP contribution in [0.1, 0.15) is 90.9 Å². The molecule has 0 N–H and O–H groups in total. The highest BCUT2D eigenvalue weighted by atomic mass is 19.3. The molecule has 4 rings (SSSR count). The minimum atomic E-state index is -4.83. The van der Waals surface area contributed by atoms with E-state index in [4.69, 9.17) is 4.74 Å². The van der Waals surface area contributed by atoms with E-state index in [0.717, 1.165) is 49.5 Å². The van der Waals surface area contributed by atoms with Gasteiger partial charge in [-0.05, 0) is 87.5 Å². The van der Waals surface area contributed by atoms with E-state index in [2.05, 4.69) is 11.7 Å².